The summed E-state index contributed by atoms with van der Waals surface area (Å²) in [6.07, 6.45) is 10.5. The number of imidazole rings is 2. The van der Waals surface area contributed by atoms with Crippen LogP contribution in [0.25, 0.3) is 11.6 Å². The van der Waals surface area contributed by atoms with E-state index in [0.29, 0.717) is 0 Å². The highest BCUT2D eigenvalue weighted by molar-refractivity contribution is 9.10. The van der Waals surface area contributed by atoms with Crippen LogP contribution >= 0.6 is 31.9 Å². The van der Waals surface area contributed by atoms with Gasteiger partial charge in [-0.05, 0) is 44.7 Å². The summed E-state index contributed by atoms with van der Waals surface area (Å²) in [6, 6.07) is 0. The third kappa shape index (κ3) is 2.31. The monoisotopic (exact) mass is 370 g/mol. The van der Waals surface area contributed by atoms with Gasteiger partial charge in [0.15, 0.2) is 11.6 Å². The van der Waals surface area contributed by atoms with E-state index in [1.807, 2.05) is 12.4 Å². The summed E-state index contributed by atoms with van der Waals surface area (Å²) in [4.78, 5) is 9.06. The van der Waals surface area contributed by atoms with Crippen LogP contribution < -0.4 is 0 Å². The van der Waals surface area contributed by atoms with Gasteiger partial charge in [0, 0.05) is 25.5 Å². The molecule has 0 unspecified atom stereocenters. The van der Waals surface area contributed by atoms with Crippen LogP contribution in [0.15, 0.2) is 33.8 Å². The Hall–Kier alpha value is -0.880. The van der Waals surface area contributed by atoms with Gasteiger partial charge in [0.1, 0.15) is 9.21 Å². The third-order valence-electron chi connectivity index (χ3n) is 2.93. The first-order valence-corrected chi connectivity index (χ1v) is 7.43. The van der Waals surface area contributed by atoms with Crippen molar-refractivity contribution in [1.29, 1.82) is 0 Å². The predicted octanol–water partition coefficient (Wildman–Crippen LogP) is 3.62. The van der Waals surface area contributed by atoms with Crippen molar-refractivity contribution in [2.75, 3.05) is 0 Å². The number of hydrogen-bond acceptors (Lipinski definition) is 2. The molecule has 0 saturated carbocycles. The van der Waals surface area contributed by atoms with Crippen molar-refractivity contribution in [3.05, 3.63) is 33.8 Å². The van der Waals surface area contributed by atoms with Crippen molar-refractivity contribution in [3.63, 3.8) is 0 Å². The lowest BCUT2D eigenvalue weighted by Gasteiger charge is -2.10. The van der Waals surface area contributed by atoms with E-state index in [-0.39, 0.29) is 0 Å². The first-order valence-electron chi connectivity index (χ1n) is 5.85. The van der Waals surface area contributed by atoms with Gasteiger partial charge in [-0.3, -0.25) is 0 Å². The summed E-state index contributed by atoms with van der Waals surface area (Å²) < 4.78 is 5.99. The molecule has 3 heterocycles. The highest BCUT2D eigenvalue weighted by Crippen LogP contribution is 2.24. The number of nitrogens with zero attached hydrogens (tertiary/aromatic N) is 4. The highest BCUT2D eigenvalue weighted by Gasteiger charge is 2.16. The van der Waals surface area contributed by atoms with Gasteiger partial charge in [0.25, 0.3) is 0 Å². The summed E-state index contributed by atoms with van der Waals surface area (Å²) >= 11 is 6.88. The molecule has 1 aliphatic heterocycles. The molecule has 0 saturated heterocycles. The van der Waals surface area contributed by atoms with Crippen LogP contribution in [0.4, 0.5) is 0 Å². The molecule has 0 fully saturated rings. The maximum absolute atomic E-state index is 4.53. The van der Waals surface area contributed by atoms with Gasteiger partial charge in [-0.25, -0.2) is 9.97 Å². The summed E-state index contributed by atoms with van der Waals surface area (Å²) in [5.74, 6) is 1.84. The Morgan fingerprint density at radius 1 is 0.833 bits per heavy atom. The summed E-state index contributed by atoms with van der Waals surface area (Å²) in [7, 11) is 0. The largest absolute Gasteiger partial charge is 0.327 e. The molecular formula is C12H12Br2N4. The highest BCUT2D eigenvalue weighted by atomic mass is 79.9. The minimum absolute atomic E-state index is 0.853. The molecule has 0 atom stereocenters. The van der Waals surface area contributed by atoms with Crippen LogP contribution in [-0.4, -0.2) is 19.1 Å². The molecule has 3 rings (SSSR count). The zero-order chi connectivity index (χ0) is 12.5. The van der Waals surface area contributed by atoms with Crippen molar-refractivity contribution in [2.24, 2.45) is 0 Å². The van der Waals surface area contributed by atoms with E-state index >= 15 is 0 Å². The lowest BCUT2D eigenvalue weighted by atomic mass is 10.3. The van der Waals surface area contributed by atoms with Gasteiger partial charge in [-0.1, -0.05) is 12.2 Å². The van der Waals surface area contributed by atoms with Crippen molar-refractivity contribution in [1.82, 2.24) is 19.1 Å². The Balaban J connectivity index is 2.15. The van der Waals surface area contributed by atoms with E-state index in [0.717, 1.165) is 46.8 Å². The summed E-state index contributed by atoms with van der Waals surface area (Å²) in [5, 5.41) is 0. The molecule has 4 nitrogen and oxygen atoms in total. The van der Waals surface area contributed by atoms with Crippen molar-refractivity contribution >= 4 is 31.9 Å². The van der Waals surface area contributed by atoms with Crippen LogP contribution in [0.3, 0.4) is 0 Å². The summed E-state index contributed by atoms with van der Waals surface area (Å²) in [6.45, 7) is 1.85. The zero-order valence-corrected chi connectivity index (χ0v) is 12.9. The quantitative estimate of drug-likeness (QED) is 0.663. The van der Waals surface area contributed by atoms with Crippen LogP contribution in [0.1, 0.15) is 12.8 Å². The second-order valence-corrected chi connectivity index (χ2v) is 5.83. The molecule has 0 bridgehead atoms. The van der Waals surface area contributed by atoms with Gasteiger partial charge >= 0.3 is 0 Å². The van der Waals surface area contributed by atoms with E-state index in [1.54, 1.807) is 0 Å². The smallest absolute Gasteiger partial charge is 0.177 e. The Morgan fingerprint density at radius 2 is 1.28 bits per heavy atom. The SMILES string of the molecule is Brc1cn2c(n1)-c1nc(Br)cn1CC/C=C\CC2. The maximum Gasteiger partial charge on any atom is 0.177 e. The Kier molecular flexibility index (Phi) is 3.39. The molecule has 2 aromatic heterocycles. The Morgan fingerprint density at radius 3 is 1.72 bits per heavy atom. The van der Waals surface area contributed by atoms with Gasteiger partial charge in [0.2, 0.25) is 0 Å². The van der Waals surface area contributed by atoms with Gasteiger partial charge in [-0.15, -0.1) is 0 Å². The average Bonchev–Trinajstić information content (AvgIpc) is 2.86. The minimum Gasteiger partial charge on any atom is -0.327 e. The van der Waals surface area contributed by atoms with Crippen molar-refractivity contribution in [2.45, 2.75) is 25.9 Å². The molecule has 18 heavy (non-hydrogen) atoms. The first-order chi connectivity index (χ1) is 8.74. The summed E-state index contributed by atoms with van der Waals surface area (Å²) in [5.41, 5.74) is 0. The molecule has 0 aromatic carbocycles. The Bertz CT molecular complexity index is 545. The molecule has 0 radical (unpaired) electrons. The molecule has 94 valence electrons. The lowest BCUT2D eigenvalue weighted by Crippen LogP contribution is -2.06. The van der Waals surface area contributed by atoms with Gasteiger partial charge in [-0.2, -0.15) is 0 Å². The zero-order valence-electron chi connectivity index (χ0n) is 9.68. The molecule has 2 aromatic rings. The number of halogens is 2. The van der Waals surface area contributed by atoms with Gasteiger partial charge < -0.3 is 9.13 Å². The number of allylic oxidation sites excluding steroid dienone is 2. The number of rotatable bonds is 0. The van der Waals surface area contributed by atoms with Crippen LogP contribution in [-0.2, 0) is 13.1 Å². The fourth-order valence-electron chi connectivity index (χ4n) is 2.13. The topological polar surface area (TPSA) is 35.6 Å². The fraction of sp³-hybridized carbons (Fsp3) is 0.333. The molecular weight excluding hydrogens is 360 g/mol. The van der Waals surface area contributed by atoms with Crippen LogP contribution in [0.2, 0.25) is 0 Å². The van der Waals surface area contributed by atoms with E-state index in [1.165, 1.54) is 0 Å². The van der Waals surface area contributed by atoms with E-state index in [2.05, 4.69) is 63.1 Å². The second-order valence-electron chi connectivity index (χ2n) is 4.21. The van der Waals surface area contributed by atoms with E-state index in [9.17, 15) is 0 Å². The first kappa shape index (κ1) is 12.2. The number of fused-ring (bicyclic) bond motifs is 3. The minimum atomic E-state index is 0.853. The van der Waals surface area contributed by atoms with Gasteiger partial charge in [0.05, 0.1) is 0 Å². The second kappa shape index (κ2) is 5.01. The molecule has 0 aliphatic carbocycles. The molecule has 0 amide bonds. The fourth-order valence-corrected chi connectivity index (χ4v) is 2.96. The number of hydrogen-bond donors (Lipinski definition) is 0. The third-order valence-corrected chi connectivity index (χ3v) is 3.70. The lowest BCUT2D eigenvalue weighted by molar-refractivity contribution is 0.667. The van der Waals surface area contributed by atoms with Crippen LogP contribution in [0, 0.1) is 0 Å². The standard InChI is InChI=1S/C12H12Br2N4/c13-9-7-17-5-3-1-2-4-6-18-8-10(14)16-12(18)11(17)15-9/h1-2,7-8H,3-6H2/b2-1-. The van der Waals surface area contributed by atoms with Crippen molar-refractivity contribution in [3.8, 4) is 11.6 Å². The Labute approximate surface area is 122 Å². The van der Waals surface area contributed by atoms with Crippen molar-refractivity contribution < 1.29 is 0 Å². The average molecular weight is 372 g/mol. The molecule has 0 spiro atoms. The number of aromatic nitrogens is 4. The van der Waals surface area contributed by atoms with Crippen LogP contribution in [0.5, 0.6) is 0 Å². The molecule has 1 aliphatic rings. The van der Waals surface area contributed by atoms with E-state index in [4.69, 9.17) is 0 Å². The maximum atomic E-state index is 4.53. The number of aryl methyl sites for hydroxylation is 2. The van der Waals surface area contributed by atoms with E-state index < -0.39 is 0 Å². The predicted molar refractivity (Wildman–Crippen MR) is 77.2 cm³/mol. The normalized spacial score (nSPS) is 17.0. The molecule has 0 N–H and O–H groups in total. The molecule has 6 heteroatoms.